The Kier molecular flexibility index (Phi) is 29.9. The van der Waals surface area contributed by atoms with E-state index >= 15 is 0 Å². The van der Waals surface area contributed by atoms with Crippen molar-refractivity contribution in [2.45, 2.75) is 103 Å². The Labute approximate surface area is 237 Å². The Morgan fingerprint density at radius 2 is 1.53 bits per heavy atom. The third-order valence-electron chi connectivity index (χ3n) is 4.58. The molecule has 0 radical (unpaired) electrons. The Hall–Kier alpha value is 1.24. The maximum absolute atomic E-state index is 11.5. The second-order valence-corrected chi connectivity index (χ2v) is 8.74. The van der Waals surface area contributed by atoms with Crippen LogP contribution in [-0.4, -0.2) is 41.6 Å². The van der Waals surface area contributed by atoms with Crippen LogP contribution in [0.3, 0.4) is 0 Å². The molecule has 11 heteroatoms. The Morgan fingerprint density at radius 1 is 0.938 bits per heavy atom. The van der Waals surface area contributed by atoms with Crippen LogP contribution in [0.25, 0.3) is 0 Å². The predicted molar refractivity (Wildman–Crippen MR) is 111 cm³/mol. The van der Waals surface area contributed by atoms with Gasteiger partial charge in [0.1, 0.15) is 12.7 Å². The van der Waals surface area contributed by atoms with Gasteiger partial charge in [-0.25, -0.2) is 0 Å². The molecule has 0 aromatic heterocycles. The van der Waals surface area contributed by atoms with Crippen LogP contribution in [0.2, 0.25) is 0 Å². The van der Waals surface area contributed by atoms with E-state index in [4.69, 9.17) is 4.74 Å². The number of phosphoric ester groups is 1. The molecular formula is C21H39Na2O8P. The summed E-state index contributed by atoms with van der Waals surface area (Å²) < 4.78 is 19.0. The van der Waals surface area contributed by atoms with E-state index < -0.39 is 33.1 Å². The SMILES string of the molecule is CCCCCCCC=CC(O)CCCCCCCC(=O)OC[C@H](O)COP(=O)([O-])[O-].[Na+].[Na+]. The number of rotatable bonds is 20. The minimum absolute atomic E-state index is 0. The standard InChI is InChI=1S/C21H41O8P.2Na/c1-2-3-4-5-6-8-11-14-19(22)15-12-9-7-10-13-16-21(24)28-17-20(23)18-29-30(25,26)27;;/h11,14,19-20,22-23H,2-10,12-13,15-18H2,1H3,(H2,25,26,27);;/q;2*+1/p-2/t19?,20-;;/m0../s1. The third kappa shape index (κ3) is 29.3. The molecule has 0 spiro atoms. The molecule has 1 unspecified atom stereocenters. The van der Waals surface area contributed by atoms with Crippen molar-refractivity contribution in [2.24, 2.45) is 0 Å². The number of hydrogen-bond acceptors (Lipinski definition) is 8. The third-order valence-corrected chi connectivity index (χ3v) is 5.04. The van der Waals surface area contributed by atoms with E-state index in [1.165, 1.54) is 32.1 Å². The Balaban J connectivity index is -0.00000420. The minimum atomic E-state index is -5.14. The fourth-order valence-corrected chi connectivity index (χ4v) is 3.21. The van der Waals surface area contributed by atoms with Crippen molar-refractivity contribution in [3.05, 3.63) is 12.2 Å². The molecule has 0 aliphatic heterocycles. The zero-order chi connectivity index (χ0) is 22.7. The average molecular weight is 496 g/mol. The summed E-state index contributed by atoms with van der Waals surface area (Å²) in [5.41, 5.74) is 0. The fraction of sp³-hybridized carbons (Fsp3) is 0.857. The number of carbonyl (C=O) groups excluding carboxylic acids is 1. The maximum atomic E-state index is 11.5. The second kappa shape index (κ2) is 25.3. The van der Waals surface area contributed by atoms with Crippen LogP contribution >= 0.6 is 7.82 Å². The van der Waals surface area contributed by atoms with Crippen molar-refractivity contribution in [3.8, 4) is 0 Å². The van der Waals surface area contributed by atoms with Crippen LogP contribution in [0.1, 0.15) is 90.4 Å². The van der Waals surface area contributed by atoms with Gasteiger partial charge in [0.2, 0.25) is 0 Å². The number of phosphoric acid groups is 1. The maximum Gasteiger partial charge on any atom is 1.00 e. The van der Waals surface area contributed by atoms with Crippen LogP contribution in [0.4, 0.5) is 0 Å². The topological polar surface area (TPSA) is 139 Å². The number of hydrogen-bond donors (Lipinski definition) is 2. The Morgan fingerprint density at radius 3 is 2.19 bits per heavy atom. The number of allylic oxidation sites excluding steroid dienone is 1. The van der Waals surface area contributed by atoms with Crippen molar-refractivity contribution >= 4 is 13.8 Å². The molecule has 0 fully saturated rings. The van der Waals surface area contributed by atoms with E-state index in [0.717, 1.165) is 38.5 Å². The number of aliphatic hydroxyl groups is 2. The summed E-state index contributed by atoms with van der Waals surface area (Å²) in [6.07, 6.45) is 14.9. The van der Waals surface area contributed by atoms with Gasteiger partial charge in [-0.2, -0.15) is 0 Å². The van der Waals surface area contributed by atoms with Crippen LogP contribution in [0.5, 0.6) is 0 Å². The first kappa shape index (κ1) is 37.8. The van der Waals surface area contributed by atoms with E-state index in [9.17, 15) is 29.4 Å². The zero-order valence-electron chi connectivity index (χ0n) is 20.2. The van der Waals surface area contributed by atoms with E-state index in [-0.39, 0.29) is 71.6 Å². The molecule has 0 aliphatic carbocycles. The quantitative estimate of drug-likeness (QED) is 0.0589. The zero-order valence-corrected chi connectivity index (χ0v) is 25.1. The Bertz CT molecular complexity index is 502. The fourth-order valence-electron chi connectivity index (χ4n) is 2.86. The van der Waals surface area contributed by atoms with Gasteiger partial charge in [0.25, 0.3) is 0 Å². The van der Waals surface area contributed by atoms with Crippen molar-refractivity contribution in [2.75, 3.05) is 13.2 Å². The van der Waals surface area contributed by atoms with Crippen LogP contribution < -0.4 is 68.9 Å². The van der Waals surface area contributed by atoms with Crippen molar-refractivity contribution in [1.29, 1.82) is 0 Å². The number of carbonyl (C=O) groups is 1. The van der Waals surface area contributed by atoms with Gasteiger partial charge in [-0.15, -0.1) is 0 Å². The summed E-state index contributed by atoms with van der Waals surface area (Å²) in [7, 11) is -5.14. The largest absolute Gasteiger partial charge is 1.00 e. The monoisotopic (exact) mass is 496 g/mol. The summed E-state index contributed by atoms with van der Waals surface area (Å²) in [6, 6.07) is 0. The molecule has 32 heavy (non-hydrogen) atoms. The van der Waals surface area contributed by atoms with Gasteiger partial charge in [0, 0.05) is 6.42 Å². The molecule has 2 atom stereocenters. The first-order valence-electron chi connectivity index (χ1n) is 11.1. The predicted octanol–water partition coefficient (Wildman–Crippen LogP) is -3.25. The smallest absolute Gasteiger partial charge is 0.790 e. The molecular weight excluding hydrogens is 457 g/mol. The summed E-state index contributed by atoms with van der Waals surface area (Å²) in [5.74, 6) is -0.489. The van der Waals surface area contributed by atoms with Gasteiger partial charge < -0.3 is 33.8 Å². The molecule has 0 saturated carbocycles. The second-order valence-electron chi connectivity index (χ2n) is 7.58. The number of aliphatic hydroxyl groups excluding tert-OH is 2. The molecule has 0 saturated heterocycles. The van der Waals surface area contributed by atoms with Crippen molar-refractivity contribution < 1.29 is 97.7 Å². The molecule has 0 aromatic rings. The van der Waals surface area contributed by atoms with E-state index in [0.29, 0.717) is 6.42 Å². The number of ether oxygens (including phenoxy) is 1. The van der Waals surface area contributed by atoms with Crippen LogP contribution in [-0.2, 0) is 18.6 Å². The van der Waals surface area contributed by atoms with E-state index in [1.54, 1.807) is 0 Å². The first-order valence-corrected chi connectivity index (χ1v) is 12.6. The van der Waals surface area contributed by atoms with E-state index in [1.807, 2.05) is 6.08 Å². The molecule has 0 rings (SSSR count). The van der Waals surface area contributed by atoms with Gasteiger partial charge in [-0.3, -0.25) is 4.79 Å². The molecule has 0 aromatic carbocycles. The van der Waals surface area contributed by atoms with Gasteiger partial charge >= 0.3 is 65.1 Å². The van der Waals surface area contributed by atoms with Gasteiger partial charge in [0.15, 0.2) is 0 Å². The minimum Gasteiger partial charge on any atom is -0.790 e. The molecule has 0 heterocycles. The number of unbranched alkanes of at least 4 members (excludes halogenated alkanes) is 9. The van der Waals surface area contributed by atoms with E-state index in [2.05, 4.69) is 17.5 Å². The van der Waals surface area contributed by atoms with Crippen molar-refractivity contribution in [3.63, 3.8) is 0 Å². The average Bonchev–Trinajstić information content (AvgIpc) is 2.68. The normalized spacial score (nSPS) is 13.3. The van der Waals surface area contributed by atoms with Crippen LogP contribution in [0, 0.1) is 0 Å². The molecule has 0 bridgehead atoms. The molecule has 0 amide bonds. The van der Waals surface area contributed by atoms with Crippen LogP contribution in [0.15, 0.2) is 12.2 Å². The summed E-state index contributed by atoms with van der Waals surface area (Å²) in [6.45, 7) is 1.06. The van der Waals surface area contributed by atoms with Gasteiger partial charge in [0.05, 0.1) is 20.5 Å². The molecule has 0 aliphatic rings. The molecule has 8 nitrogen and oxygen atoms in total. The first-order chi connectivity index (χ1) is 14.2. The summed E-state index contributed by atoms with van der Waals surface area (Å²) >= 11 is 0. The van der Waals surface area contributed by atoms with Crippen molar-refractivity contribution in [1.82, 2.24) is 0 Å². The summed E-state index contributed by atoms with van der Waals surface area (Å²) in [5, 5.41) is 19.3. The number of esters is 1. The molecule has 178 valence electrons. The summed E-state index contributed by atoms with van der Waals surface area (Å²) in [4.78, 5) is 32.1. The molecule has 2 N–H and O–H groups in total. The van der Waals surface area contributed by atoms with Gasteiger partial charge in [-0.05, 0) is 25.7 Å². The van der Waals surface area contributed by atoms with Gasteiger partial charge in [-0.1, -0.05) is 70.4 Å².